The molecule has 5 rings (SSSR count). The average Bonchev–Trinajstić information content (AvgIpc) is 2.75. The van der Waals surface area contributed by atoms with E-state index in [2.05, 4.69) is 29.2 Å². The monoisotopic (exact) mass is 378 g/mol. The van der Waals surface area contributed by atoms with Crippen molar-refractivity contribution in [2.45, 2.75) is 0 Å². The Kier molecular flexibility index (Phi) is 3.85. The van der Waals surface area contributed by atoms with Gasteiger partial charge in [-0.3, -0.25) is 4.79 Å². The van der Waals surface area contributed by atoms with Crippen molar-refractivity contribution in [3.05, 3.63) is 95.3 Å². The van der Waals surface area contributed by atoms with Gasteiger partial charge in [0, 0.05) is 16.3 Å². The Bertz CT molecular complexity index is 1440. The van der Waals surface area contributed by atoms with Gasteiger partial charge in [0.25, 0.3) is 5.56 Å². The van der Waals surface area contributed by atoms with E-state index in [0.29, 0.717) is 11.1 Å². The molecule has 4 aromatic carbocycles. The molecule has 5 aromatic rings. The van der Waals surface area contributed by atoms with E-state index < -0.39 is 0 Å². The molecule has 4 heteroatoms. The summed E-state index contributed by atoms with van der Waals surface area (Å²) < 4.78 is 0. The molecule has 0 saturated heterocycles. The molecule has 0 fully saturated rings. The number of benzene rings is 4. The van der Waals surface area contributed by atoms with Crippen LogP contribution in [0.5, 0.6) is 5.75 Å². The van der Waals surface area contributed by atoms with Crippen LogP contribution in [0.2, 0.25) is 0 Å². The summed E-state index contributed by atoms with van der Waals surface area (Å²) in [6.45, 7) is 0. The minimum absolute atomic E-state index is 0.124. The van der Waals surface area contributed by atoms with Crippen molar-refractivity contribution in [3.63, 3.8) is 0 Å². The van der Waals surface area contributed by atoms with E-state index in [0.717, 1.165) is 32.8 Å². The lowest BCUT2D eigenvalue weighted by Gasteiger charge is -2.15. The Morgan fingerprint density at radius 1 is 0.724 bits per heavy atom. The van der Waals surface area contributed by atoms with Gasteiger partial charge in [-0.2, -0.15) is 0 Å². The molecule has 4 nitrogen and oxygen atoms in total. The van der Waals surface area contributed by atoms with Gasteiger partial charge < -0.3 is 15.8 Å². The third kappa shape index (κ3) is 2.74. The molecule has 0 radical (unpaired) electrons. The normalized spacial score (nSPS) is 11.2. The van der Waals surface area contributed by atoms with E-state index >= 15 is 0 Å². The molecule has 1 aromatic heterocycles. The van der Waals surface area contributed by atoms with Crippen LogP contribution in [0.15, 0.2) is 89.7 Å². The second kappa shape index (κ2) is 6.53. The standard InChI is InChI=1S/C25H18N2O2/c26-23-22(16-9-6-10-17(28)13-16)21-14-20(15-7-2-1-3-8-15)18-11-4-5-12-19(18)24(21)27-25(23)29/h1-14,28H,26H2,(H,27,29). The molecule has 0 aliphatic rings. The molecule has 0 saturated carbocycles. The first-order valence-corrected chi connectivity index (χ1v) is 9.35. The van der Waals surface area contributed by atoms with E-state index in [-0.39, 0.29) is 17.0 Å². The summed E-state index contributed by atoms with van der Waals surface area (Å²) in [4.78, 5) is 15.6. The number of rotatable bonds is 2. The number of nitrogens with one attached hydrogen (secondary N) is 1. The molecule has 0 atom stereocenters. The fourth-order valence-electron chi connectivity index (χ4n) is 3.98. The highest BCUT2D eigenvalue weighted by Crippen LogP contribution is 2.39. The van der Waals surface area contributed by atoms with Gasteiger partial charge in [-0.1, -0.05) is 66.7 Å². The van der Waals surface area contributed by atoms with Crippen LogP contribution in [0.4, 0.5) is 5.69 Å². The van der Waals surface area contributed by atoms with Crippen LogP contribution in [-0.4, -0.2) is 10.1 Å². The van der Waals surface area contributed by atoms with E-state index in [9.17, 15) is 9.90 Å². The van der Waals surface area contributed by atoms with Crippen LogP contribution in [0, 0.1) is 0 Å². The van der Waals surface area contributed by atoms with Gasteiger partial charge in [0.05, 0.1) is 5.52 Å². The van der Waals surface area contributed by atoms with Crippen molar-refractivity contribution >= 4 is 27.4 Å². The highest BCUT2D eigenvalue weighted by atomic mass is 16.3. The molecule has 1 heterocycles. The maximum atomic E-state index is 12.7. The number of nitrogens with two attached hydrogens (primary N) is 1. The minimum atomic E-state index is -0.339. The minimum Gasteiger partial charge on any atom is -0.508 e. The average molecular weight is 378 g/mol. The fraction of sp³-hybridized carbons (Fsp3) is 0. The fourth-order valence-corrected chi connectivity index (χ4v) is 3.98. The van der Waals surface area contributed by atoms with Crippen molar-refractivity contribution < 1.29 is 5.11 Å². The summed E-state index contributed by atoms with van der Waals surface area (Å²) in [5.41, 5.74) is 10.2. The Hall–Kier alpha value is -4.05. The van der Waals surface area contributed by atoms with Crippen LogP contribution in [0.25, 0.3) is 43.9 Å². The second-order valence-corrected chi connectivity index (χ2v) is 7.05. The zero-order chi connectivity index (χ0) is 20.0. The maximum absolute atomic E-state index is 12.7. The van der Waals surface area contributed by atoms with Gasteiger partial charge in [0.1, 0.15) is 11.4 Å². The highest BCUT2D eigenvalue weighted by molar-refractivity contribution is 6.16. The SMILES string of the molecule is Nc1c(-c2cccc(O)c2)c2cc(-c3ccccc3)c3ccccc3c2[nH]c1=O. The summed E-state index contributed by atoms with van der Waals surface area (Å²) in [6.07, 6.45) is 0. The molecule has 0 bridgehead atoms. The molecule has 0 aliphatic heterocycles. The Morgan fingerprint density at radius 3 is 2.17 bits per heavy atom. The molecule has 0 aliphatic carbocycles. The molecular weight excluding hydrogens is 360 g/mol. The second-order valence-electron chi connectivity index (χ2n) is 7.05. The highest BCUT2D eigenvalue weighted by Gasteiger charge is 2.17. The number of aromatic hydroxyl groups is 1. The van der Waals surface area contributed by atoms with Gasteiger partial charge in [0.2, 0.25) is 0 Å². The number of hydrogen-bond acceptors (Lipinski definition) is 3. The van der Waals surface area contributed by atoms with E-state index in [4.69, 9.17) is 5.73 Å². The van der Waals surface area contributed by atoms with Crippen molar-refractivity contribution in [3.8, 4) is 28.0 Å². The predicted molar refractivity (Wildman–Crippen MR) is 119 cm³/mol. The van der Waals surface area contributed by atoms with E-state index in [1.54, 1.807) is 18.2 Å². The number of H-pyrrole nitrogens is 1. The molecule has 0 amide bonds. The van der Waals surface area contributed by atoms with Gasteiger partial charge in [0.15, 0.2) is 0 Å². The lowest BCUT2D eigenvalue weighted by molar-refractivity contribution is 0.475. The molecule has 29 heavy (non-hydrogen) atoms. The number of pyridine rings is 1. The lowest BCUT2D eigenvalue weighted by Crippen LogP contribution is -2.13. The Balaban J connectivity index is 2.00. The number of phenolic OH excluding ortho intramolecular Hbond substituents is 1. The predicted octanol–water partition coefficient (Wildman–Crippen LogP) is 5.30. The van der Waals surface area contributed by atoms with Crippen LogP contribution in [-0.2, 0) is 0 Å². The quantitative estimate of drug-likeness (QED) is 0.365. The maximum Gasteiger partial charge on any atom is 0.272 e. The van der Waals surface area contributed by atoms with Crippen LogP contribution < -0.4 is 11.3 Å². The molecule has 140 valence electrons. The summed E-state index contributed by atoms with van der Waals surface area (Å²) in [5, 5.41) is 12.8. The first kappa shape index (κ1) is 17.1. The smallest absolute Gasteiger partial charge is 0.272 e. The number of aromatic nitrogens is 1. The Morgan fingerprint density at radius 2 is 1.41 bits per heavy atom. The summed E-state index contributed by atoms with van der Waals surface area (Å²) in [6, 6.07) is 27.0. The number of anilines is 1. The van der Waals surface area contributed by atoms with Crippen molar-refractivity contribution in [1.29, 1.82) is 0 Å². The number of aromatic amines is 1. The first-order chi connectivity index (χ1) is 14.1. The summed E-state index contributed by atoms with van der Waals surface area (Å²) >= 11 is 0. The van der Waals surface area contributed by atoms with Crippen molar-refractivity contribution in [2.75, 3.05) is 5.73 Å². The molecular formula is C25H18N2O2. The molecule has 0 spiro atoms. The van der Waals surface area contributed by atoms with E-state index in [1.165, 1.54) is 0 Å². The van der Waals surface area contributed by atoms with Gasteiger partial charge in [-0.05, 0) is 40.3 Å². The molecule has 4 N–H and O–H groups in total. The zero-order valence-electron chi connectivity index (χ0n) is 15.5. The Labute approximate surface area is 166 Å². The first-order valence-electron chi connectivity index (χ1n) is 9.35. The number of phenols is 1. The molecule has 0 unspecified atom stereocenters. The topological polar surface area (TPSA) is 79.1 Å². The van der Waals surface area contributed by atoms with Crippen molar-refractivity contribution in [1.82, 2.24) is 4.98 Å². The van der Waals surface area contributed by atoms with Gasteiger partial charge in [-0.15, -0.1) is 0 Å². The third-order valence-electron chi connectivity index (χ3n) is 5.29. The number of hydrogen-bond donors (Lipinski definition) is 3. The van der Waals surface area contributed by atoms with Crippen molar-refractivity contribution in [2.24, 2.45) is 0 Å². The third-order valence-corrected chi connectivity index (χ3v) is 5.29. The van der Waals surface area contributed by atoms with Crippen LogP contribution >= 0.6 is 0 Å². The van der Waals surface area contributed by atoms with E-state index in [1.807, 2.05) is 42.5 Å². The zero-order valence-corrected chi connectivity index (χ0v) is 15.5. The summed E-state index contributed by atoms with van der Waals surface area (Å²) in [7, 11) is 0. The number of nitrogen functional groups attached to an aromatic ring is 1. The largest absolute Gasteiger partial charge is 0.508 e. The lowest BCUT2D eigenvalue weighted by atomic mass is 9.91. The van der Waals surface area contributed by atoms with Crippen LogP contribution in [0.1, 0.15) is 0 Å². The van der Waals surface area contributed by atoms with Gasteiger partial charge in [-0.25, -0.2) is 0 Å². The van der Waals surface area contributed by atoms with Crippen LogP contribution in [0.3, 0.4) is 0 Å². The van der Waals surface area contributed by atoms with Gasteiger partial charge >= 0.3 is 0 Å². The number of fused-ring (bicyclic) bond motifs is 3. The summed E-state index contributed by atoms with van der Waals surface area (Å²) in [5.74, 6) is 0.124.